The molecule has 1 heterocycles. The predicted octanol–water partition coefficient (Wildman–Crippen LogP) is 3.94. The molecule has 1 N–H and O–H groups in total. The van der Waals surface area contributed by atoms with Crippen molar-refractivity contribution < 1.29 is 4.74 Å². The number of nitrogens with zero attached hydrogens (tertiary/aromatic N) is 1. The number of ether oxygens (including phenoxy) is 1. The minimum absolute atomic E-state index is 0.0867. The van der Waals surface area contributed by atoms with Crippen molar-refractivity contribution in [3.05, 3.63) is 58.1 Å². The fraction of sp³-hybridized carbons (Fsp3) is 0.235. The Hall–Kier alpha value is -2.18. The van der Waals surface area contributed by atoms with Gasteiger partial charge in [-0.05, 0) is 36.8 Å². The first-order valence-electron chi connectivity index (χ1n) is 6.85. The molecule has 1 atom stereocenters. The summed E-state index contributed by atoms with van der Waals surface area (Å²) in [6, 6.07) is 13.6. The molecule has 0 spiro atoms. The highest BCUT2D eigenvalue weighted by atomic mass is 35.5. The smallest absolute Gasteiger partial charge is 0.123 e. The van der Waals surface area contributed by atoms with E-state index in [0.717, 1.165) is 17.9 Å². The topological polar surface area (TPSA) is 45.0 Å². The quantitative estimate of drug-likeness (QED) is 0.933. The largest absolute Gasteiger partial charge is 0.488 e. The van der Waals surface area contributed by atoms with E-state index in [2.05, 4.69) is 30.4 Å². The van der Waals surface area contributed by atoms with Gasteiger partial charge in [0.1, 0.15) is 11.9 Å². The second-order valence-corrected chi connectivity index (χ2v) is 5.65. The van der Waals surface area contributed by atoms with Crippen LogP contribution in [0.5, 0.6) is 5.75 Å². The molecule has 0 saturated heterocycles. The Bertz CT molecular complexity index is 721. The lowest BCUT2D eigenvalue weighted by Crippen LogP contribution is -2.24. The standard InChI is InChI=1S/C17H15ClN2O/c1-11-2-5-17-13(6-11)8-14(21-17)10-20-16-7-12(9-19)3-4-15(16)18/h2-7,14,20H,8,10H2,1H3. The summed E-state index contributed by atoms with van der Waals surface area (Å²) >= 11 is 6.14. The molecule has 0 aliphatic carbocycles. The molecule has 3 rings (SSSR count). The molecule has 1 aliphatic heterocycles. The zero-order valence-corrected chi connectivity index (χ0v) is 12.4. The number of rotatable bonds is 3. The molecule has 1 aliphatic rings. The van der Waals surface area contributed by atoms with Crippen LogP contribution in [0.15, 0.2) is 36.4 Å². The van der Waals surface area contributed by atoms with Crippen LogP contribution in [0.2, 0.25) is 5.02 Å². The summed E-state index contributed by atoms with van der Waals surface area (Å²) in [6.07, 6.45) is 0.975. The van der Waals surface area contributed by atoms with Crippen molar-refractivity contribution >= 4 is 17.3 Å². The minimum Gasteiger partial charge on any atom is -0.488 e. The molecule has 0 saturated carbocycles. The maximum Gasteiger partial charge on any atom is 0.123 e. The molecule has 0 radical (unpaired) electrons. The normalized spacial score (nSPS) is 16.0. The van der Waals surface area contributed by atoms with E-state index >= 15 is 0 Å². The van der Waals surface area contributed by atoms with Gasteiger partial charge in [0.05, 0.1) is 28.9 Å². The Balaban J connectivity index is 1.66. The zero-order valence-electron chi connectivity index (χ0n) is 11.7. The fourth-order valence-corrected chi connectivity index (χ4v) is 2.70. The minimum atomic E-state index is 0.0867. The van der Waals surface area contributed by atoms with Crippen LogP contribution in [0, 0.1) is 18.3 Å². The third-order valence-corrected chi connectivity index (χ3v) is 3.90. The summed E-state index contributed by atoms with van der Waals surface area (Å²) in [5.41, 5.74) is 3.86. The Kier molecular flexibility index (Phi) is 3.72. The lowest BCUT2D eigenvalue weighted by atomic mass is 10.1. The maximum absolute atomic E-state index is 8.93. The van der Waals surface area contributed by atoms with Gasteiger partial charge in [0.25, 0.3) is 0 Å². The Morgan fingerprint density at radius 2 is 2.19 bits per heavy atom. The van der Waals surface area contributed by atoms with Gasteiger partial charge in [-0.1, -0.05) is 29.3 Å². The lowest BCUT2D eigenvalue weighted by Gasteiger charge is -2.14. The van der Waals surface area contributed by atoms with Crippen LogP contribution in [-0.4, -0.2) is 12.6 Å². The molecule has 0 amide bonds. The van der Waals surface area contributed by atoms with Crippen molar-refractivity contribution in [2.75, 3.05) is 11.9 Å². The first kappa shape index (κ1) is 13.8. The average molecular weight is 299 g/mol. The molecule has 2 aromatic carbocycles. The van der Waals surface area contributed by atoms with Gasteiger partial charge >= 0.3 is 0 Å². The van der Waals surface area contributed by atoms with Crippen LogP contribution in [-0.2, 0) is 6.42 Å². The van der Waals surface area contributed by atoms with Crippen LogP contribution in [0.1, 0.15) is 16.7 Å². The van der Waals surface area contributed by atoms with E-state index in [0.29, 0.717) is 17.1 Å². The van der Waals surface area contributed by atoms with Gasteiger partial charge in [0.15, 0.2) is 0 Å². The molecule has 3 nitrogen and oxygen atoms in total. The van der Waals surface area contributed by atoms with Crippen LogP contribution in [0.4, 0.5) is 5.69 Å². The van der Waals surface area contributed by atoms with Gasteiger partial charge in [-0.2, -0.15) is 5.26 Å². The number of hydrogen-bond donors (Lipinski definition) is 1. The third-order valence-electron chi connectivity index (χ3n) is 3.57. The predicted molar refractivity (Wildman–Crippen MR) is 84.0 cm³/mol. The Morgan fingerprint density at radius 3 is 3.00 bits per heavy atom. The molecule has 106 valence electrons. The third kappa shape index (κ3) is 2.96. The molecule has 21 heavy (non-hydrogen) atoms. The summed E-state index contributed by atoms with van der Waals surface area (Å²) < 4.78 is 5.91. The van der Waals surface area contributed by atoms with Crippen molar-refractivity contribution in [2.45, 2.75) is 19.4 Å². The van der Waals surface area contributed by atoms with E-state index in [4.69, 9.17) is 21.6 Å². The number of benzene rings is 2. The van der Waals surface area contributed by atoms with Crippen LogP contribution in [0.25, 0.3) is 0 Å². The molecular weight excluding hydrogens is 284 g/mol. The SMILES string of the molecule is Cc1ccc2c(c1)CC(CNc1cc(C#N)ccc1Cl)O2. The van der Waals surface area contributed by atoms with Gasteiger partial charge in [0.2, 0.25) is 0 Å². The van der Waals surface area contributed by atoms with E-state index in [-0.39, 0.29) is 6.10 Å². The van der Waals surface area contributed by atoms with Crippen LogP contribution >= 0.6 is 11.6 Å². The van der Waals surface area contributed by atoms with E-state index in [9.17, 15) is 0 Å². The molecule has 2 aromatic rings. The van der Waals surface area contributed by atoms with Crippen molar-refractivity contribution in [1.82, 2.24) is 0 Å². The average Bonchev–Trinajstić information content (AvgIpc) is 2.88. The van der Waals surface area contributed by atoms with Gasteiger partial charge in [0, 0.05) is 6.42 Å². The van der Waals surface area contributed by atoms with E-state index in [1.54, 1.807) is 18.2 Å². The zero-order chi connectivity index (χ0) is 14.8. The number of hydrogen-bond acceptors (Lipinski definition) is 3. The number of halogens is 1. The monoisotopic (exact) mass is 298 g/mol. The summed E-state index contributed by atoms with van der Waals surface area (Å²) in [7, 11) is 0. The van der Waals surface area contributed by atoms with Gasteiger partial charge in [-0.25, -0.2) is 0 Å². The lowest BCUT2D eigenvalue weighted by molar-refractivity contribution is 0.246. The van der Waals surface area contributed by atoms with Gasteiger partial charge < -0.3 is 10.1 Å². The second kappa shape index (κ2) is 5.67. The number of anilines is 1. The molecule has 0 fully saturated rings. The van der Waals surface area contributed by atoms with E-state index < -0.39 is 0 Å². The number of nitrogens with one attached hydrogen (secondary N) is 1. The van der Waals surface area contributed by atoms with Gasteiger partial charge in [-0.15, -0.1) is 0 Å². The summed E-state index contributed by atoms with van der Waals surface area (Å²) in [5.74, 6) is 0.962. The number of fused-ring (bicyclic) bond motifs is 1. The Labute approximate surface area is 129 Å². The highest BCUT2D eigenvalue weighted by Crippen LogP contribution is 2.30. The first-order valence-corrected chi connectivity index (χ1v) is 7.23. The fourth-order valence-electron chi connectivity index (χ4n) is 2.52. The molecule has 4 heteroatoms. The number of aryl methyl sites for hydroxylation is 1. The molecular formula is C17H15ClN2O. The van der Waals surface area contributed by atoms with Crippen molar-refractivity contribution in [3.63, 3.8) is 0 Å². The van der Waals surface area contributed by atoms with Crippen molar-refractivity contribution in [1.29, 1.82) is 5.26 Å². The molecule has 1 unspecified atom stereocenters. The summed E-state index contributed by atoms with van der Waals surface area (Å²) in [6.45, 7) is 2.74. The molecule has 0 bridgehead atoms. The Morgan fingerprint density at radius 1 is 1.33 bits per heavy atom. The summed E-state index contributed by atoms with van der Waals surface area (Å²) in [4.78, 5) is 0. The van der Waals surface area contributed by atoms with Gasteiger partial charge in [-0.3, -0.25) is 0 Å². The van der Waals surface area contributed by atoms with E-state index in [1.807, 2.05) is 6.07 Å². The number of nitriles is 1. The highest BCUT2D eigenvalue weighted by molar-refractivity contribution is 6.33. The van der Waals surface area contributed by atoms with Crippen molar-refractivity contribution in [2.24, 2.45) is 0 Å². The highest BCUT2D eigenvalue weighted by Gasteiger charge is 2.22. The first-order chi connectivity index (χ1) is 10.2. The van der Waals surface area contributed by atoms with Crippen LogP contribution in [0.3, 0.4) is 0 Å². The summed E-state index contributed by atoms with van der Waals surface area (Å²) in [5, 5.41) is 12.8. The van der Waals surface area contributed by atoms with Crippen LogP contribution < -0.4 is 10.1 Å². The maximum atomic E-state index is 8.93. The second-order valence-electron chi connectivity index (χ2n) is 5.24. The van der Waals surface area contributed by atoms with Crippen molar-refractivity contribution in [3.8, 4) is 11.8 Å². The van der Waals surface area contributed by atoms with E-state index in [1.165, 1.54) is 11.1 Å². The molecule has 0 aromatic heterocycles.